The van der Waals surface area contributed by atoms with E-state index in [2.05, 4.69) is 211 Å². The van der Waals surface area contributed by atoms with Crippen LogP contribution in [0.1, 0.15) is 0 Å². The summed E-state index contributed by atoms with van der Waals surface area (Å²) in [6, 6.07) is 75.7. The maximum Gasteiger partial charge on any atom is 0.143 e. The van der Waals surface area contributed by atoms with E-state index in [9.17, 15) is 0 Å². The highest BCUT2D eigenvalue weighted by atomic mass is 16.3. The van der Waals surface area contributed by atoms with E-state index in [-0.39, 0.29) is 0 Å². The molecule has 0 radical (unpaired) electrons. The highest BCUT2D eigenvalue weighted by molar-refractivity contribution is 6.15. The first-order valence-corrected chi connectivity index (χ1v) is 20.1. The molecule has 12 aromatic rings. The summed E-state index contributed by atoms with van der Waals surface area (Å²) < 4.78 is 13.2. The van der Waals surface area contributed by atoms with Crippen LogP contribution in [0, 0.1) is 0 Å². The average molecular weight is 754 g/mol. The van der Waals surface area contributed by atoms with Crippen LogP contribution in [0.3, 0.4) is 0 Å². The van der Waals surface area contributed by atoms with Gasteiger partial charge in [0, 0.05) is 55.6 Å². The zero-order valence-electron chi connectivity index (χ0n) is 32.0. The molecule has 0 aliphatic rings. The number of hydrogen-bond acceptors (Lipinski definition) is 3. The first kappa shape index (κ1) is 33.3. The van der Waals surface area contributed by atoms with Crippen LogP contribution in [0.15, 0.2) is 221 Å². The Morgan fingerprint density at radius 2 is 0.847 bits per heavy atom. The molecule has 3 heteroatoms. The summed E-state index contributed by atoms with van der Waals surface area (Å²) in [5, 5.41) is 9.23. The number of benzene rings is 10. The standard InChI is InChI=1S/C56H35NO2/c1-2-10-39(11-3-1)48-15-8-16-50-52-34-43(24-32-53(52)58-55(48)50)38-21-27-45(28-22-38)57(44-25-19-37(20-26-44)42-18-17-36-9-4-5-13-41(36)33-42)46-29-31-49-51-30-23-40-12-6-7-14-47(40)56(51)59-54(49)35-46/h1-35H. The Balaban J connectivity index is 0.952. The molecule has 276 valence electrons. The van der Waals surface area contributed by atoms with E-state index in [0.717, 1.165) is 88.6 Å². The zero-order valence-corrected chi connectivity index (χ0v) is 32.0. The van der Waals surface area contributed by atoms with Crippen molar-refractivity contribution in [3.05, 3.63) is 212 Å². The monoisotopic (exact) mass is 753 g/mol. The third-order valence-electron chi connectivity index (χ3n) is 11.9. The van der Waals surface area contributed by atoms with E-state index in [1.807, 2.05) is 6.07 Å². The van der Waals surface area contributed by atoms with Gasteiger partial charge in [-0.15, -0.1) is 0 Å². The Bertz CT molecular complexity index is 3540. The summed E-state index contributed by atoms with van der Waals surface area (Å²) in [6.45, 7) is 0. The number of nitrogens with zero attached hydrogens (tertiary/aromatic N) is 1. The minimum Gasteiger partial charge on any atom is -0.455 e. The van der Waals surface area contributed by atoms with Crippen molar-refractivity contribution in [3.63, 3.8) is 0 Å². The first-order valence-electron chi connectivity index (χ1n) is 20.1. The van der Waals surface area contributed by atoms with Crippen LogP contribution in [0.5, 0.6) is 0 Å². The van der Waals surface area contributed by atoms with Crippen molar-refractivity contribution in [1.29, 1.82) is 0 Å². The molecule has 0 unspecified atom stereocenters. The fourth-order valence-electron chi connectivity index (χ4n) is 8.88. The number of para-hydroxylation sites is 1. The molecule has 0 aliphatic heterocycles. The van der Waals surface area contributed by atoms with Crippen LogP contribution in [0.4, 0.5) is 17.1 Å². The van der Waals surface area contributed by atoms with Gasteiger partial charge in [-0.25, -0.2) is 0 Å². The Kier molecular flexibility index (Phi) is 7.54. The van der Waals surface area contributed by atoms with Crippen molar-refractivity contribution in [3.8, 4) is 33.4 Å². The fraction of sp³-hybridized carbons (Fsp3) is 0. The molecular formula is C56H35NO2. The largest absolute Gasteiger partial charge is 0.455 e. The fourth-order valence-corrected chi connectivity index (χ4v) is 8.88. The minimum atomic E-state index is 0.860. The molecule has 2 aromatic heterocycles. The van der Waals surface area contributed by atoms with E-state index in [0.29, 0.717) is 0 Å². The number of anilines is 3. The number of hydrogen-bond donors (Lipinski definition) is 0. The summed E-state index contributed by atoms with van der Waals surface area (Å²) in [7, 11) is 0. The Morgan fingerprint density at radius 1 is 0.271 bits per heavy atom. The molecule has 2 heterocycles. The third kappa shape index (κ3) is 5.59. The van der Waals surface area contributed by atoms with Gasteiger partial charge in [0.1, 0.15) is 22.3 Å². The molecule has 0 fully saturated rings. The maximum atomic E-state index is 6.67. The molecule has 0 atom stereocenters. The molecule has 3 nitrogen and oxygen atoms in total. The molecule has 0 saturated heterocycles. The van der Waals surface area contributed by atoms with Crippen LogP contribution < -0.4 is 4.90 Å². The van der Waals surface area contributed by atoms with Crippen LogP contribution >= 0.6 is 0 Å². The molecule has 0 aliphatic carbocycles. The molecule has 0 saturated carbocycles. The van der Waals surface area contributed by atoms with Crippen molar-refractivity contribution in [2.45, 2.75) is 0 Å². The number of fused-ring (bicyclic) bond motifs is 9. The van der Waals surface area contributed by atoms with Gasteiger partial charge in [-0.3, -0.25) is 0 Å². The SMILES string of the molecule is c1ccc(-c2cccc3c2oc2ccc(-c4ccc(N(c5ccc(-c6ccc7ccccc7c6)cc5)c5ccc6c(c5)oc5c7ccccc7ccc65)cc4)cc23)cc1. The van der Waals surface area contributed by atoms with Crippen LogP contribution in [0.25, 0.3) is 98.8 Å². The van der Waals surface area contributed by atoms with Crippen molar-refractivity contribution in [1.82, 2.24) is 0 Å². The second kappa shape index (κ2) is 13.4. The van der Waals surface area contributed by atoms with Gasteiger partial charge in [-0.05, 0) is 105 Å². The van der Waals surface area contributed by atoms with Gasteiger partial charge in [0.25, 0.3) is 0 Å². The van der Waals surface area contributed by atoms with Gasteiger partial charge < -0.3 is 13.7 Å². The first-order chi connectivity index (χ1) is 29.2. The second-order valence-electron chi connectivity index (χ2n) is 15.3. The molecule has 0 spiro atoms. The molecule has 0 amide bonds. The van der Waals surface area contributed by atoms with E-state index in [1.54, 1.807) is 0 Å². The topological polar surface area (TPSA) is 29.5 Å². The van der Waals surface area contributed by atoms with Crippen molar-refractivity contribution in [2.75, 3.05) is 4.90 Å². The molecular weight excluding hydrogens is 719 g/mol. The van der Waals surface area contributed by atoms with Crippen LogP contribution in [-0.4, -0.2) is 0 Å². The van der Waals surface area contributed by atoms with Crippen molar-refractivity contribution in [2.24, 2.45) is 0 Å². The van der Waals surface area contributed by atoms with E-state index >= 15 is 0 Å². The molecule has 0 bridgehead atoms. The van der Waals surface area contributed by atoms with Gasteiger partial charge in [-0.1, -0.05) is 146 Å². The quantitative estimate of drug-likeness (QED) is 0.169. The van der Waals surface area contributed by atoms with Gasteiger partial charge in [-0.2, -0.15) is 0 Å². The van der Waals surface area contributed by atoms with Crippen molar-refractivity contribution < 1.29 is 8.83 Å². The Morgan fingerprint density at radius 3 is 1.64 bits per heavy atom. The van der Waals surface area contributed by atoms with Gasteiger partial charge >= 0.3 is 0 Å². The number of furan rings is 2. The lowest BCUT2D eigenvalue weighted by Gasteiger charge is -2.26. The highest BCUT2D eigenvalue weighted by Crippen LogP contribution is 2.42. The maximum absolute atomic E-state index is 6.67. The predicted molar refractivity (Wildman–Crippen MR) is 247 cm³/mol. The lowest BCUT2D eigenvalue weighted by atomic mass is 9.99. The van der Waals surface area contributed by atoms with Gasteiger partial charge in [0.05, 0.1) is 0 Å². The predicted octanol–water partition coefficient (Wildman–Crippen LogP) is 16.3. The lowest BCUT2D eigenvalue weighted by molar-refractivity contribution is 0.670. The van der Waals surface area contributed by atoms with E-state index < -0.39 is 0 Å². The van der Waals surface area contributed by atoms with Crippen LogP contribution in [0.2, 0.25) is 0 Å². The van der Waals surface area contributed by atoms with Crippen LogP contribution in [-0.2, 0) is 0 Å². The molecule has 0 N–H and O–H groups in total. The van der Waals surface area contributed by atoms with E-state index in [4.69, 9.17) is 8.83 Å². The molecule has 59 heavy (non-hydrogen) atoms. The van der Waals surface area contributed by atoms with Crippen molar-refractivity contribution >= 4 is 82.5 Å². The summed E-state index contributed by atoms with van der Waals surface area (Å²) in [5.74, 6) is 0. The summed E-state index contributed by atoms with van der Waals surface area (Å²) in [4.78, 5) is 2.32. The summed E-state index contributed by atoms with van der Waals surface area (Å²) in [5.41, 5.74) is 13.6. The molecule has 10 aromatic carbocycles. The van der Waals surface area contributed by atoms with Gasteiger partial charge in [0.2, 0.25) is 0 Å². The molecule has 12 rings (SSSR count). The minimum absolute atomic E-state index is 0.860. The Hall–Kier alpha value is -7.88. The number of rotatable bonds is 6. The Labute approximate surface area is 340 Å². The van der Waals surface area contributed by atoms with E-state index in [1.165, 1.54) is 27.3 Å². The highest BCUT2D eigenvalue weighted by Gasteiger charge is 2.18. The smallest absolute Gasteiger partial charge is 0.143 e. The normalized spacial score (nSPS) is 11.7. The summed E-state index contributed by atoms with van der Waals surface area (Å²) in [6.07, 6.45) is 0. The van der Waals surface area contributed by atoms with Gasteiger partial charge in [0.15, 0.2) is 0 Å². The third-order valence-corrected chi connectivity index (χ3v) is 11.9. The summed E-state index contributed by atoms with van der Waals surface area (Å²) >= 11 is 0. The second-order valence-corrected chi connectivity index (χ2v) is 15.3. The zero-order chi connectivity index (χ0) is 38.9. The lowest BCUT2D eigenvalue weighted by Crippen LogP contribution is -2.09. The average Bonchev–Trinajstić information content (AvgIpc) is 3.88.